The SMILES string of the molecule is CC(C)C(NC(=O)C1CCC(N)C1)c1ccccc1. The predicted molar refractivity (Wildman–Crippen MR) is 77.5 cm³/mol. The first-order chi connectivity index (χ1) is 9.08. The van der Waals surface area contributed by atoms with Crippen LogP contribution in [-0.2, 0) is 4.79 Å². The Morgan fingerprint density at radius 2 is 1.95 bits per heavy atom. The van der Waals surface area contributed by atoms with Crippen LogP contribution in [0.1, 0.15) is 44.7 Å². The van der Waals surface area contributed by atoms with Gasteiger partial charge in [0.1, 0.15) is 0 Å². The molecule has 1 saturated carbocycles. The highest BCUT2D eigenvalue weighted by atomic mass is 16.1. The molecule has 1 aliphatic rings. The summed E-state index contributed by atoms with van der Waals surface area (Å²) in [7, 11) is 0. The van der Waals surface area contributed by atoms with E-state index in [1.54, 1.807) is 0 Å². The third-order valence-electron chi connectivity index (χ3n) is 3.97. The summed E-state index contributed by atoms with van der Waals surface area (Å²) < 4.78 is 0. The third-order valence-corrected chi connectivity index (χ3v) is 3.97. The quantitative estimate of drug-likeness (QED) is 0.874. The Hall–Kier alpha value is -1.35. The number of benzene rings is 1. The van der Waals surface area contributed by atoms with Crippen LogP contribution in [0.5, 0.6) is 0 Å². The summed E-state index contributed by atoms with van der Waals surface area (Å²) in [6.45, 7) is 4.27. The van der Waals surface area contributed by atoms with Crippen molar-refractivity contribution in [2.45, 2.75) is 45.2 Å². The van der Waals surface area contributed by atoms with Crippen LogP contribution < -0.4 is 11.1 Å². The Balaban J connectivity index is 2.03. The van der Waals surface area contributed by atoms with E-state index >= 15 is 0 Å². The van der Waals surface area contributed by atoms with Gasteiger partial charge in [-0.2, -0.15) is 0 Å². The van der Waals surface area contributed by atoms with Gasteiger partial charge in [0.2, 0.25) is 5.91 Å². The Kier molecular flexibility index (Phi) is 4.59. The van der Waals surface area contributed by atoms with Gasteiger partial charge < -0.3 is 11.1 Å². The number of nitrogens with two attached hydrogens (primary N) is 1. The molecule has 0 saturated heterocycles. The highest BCUT2D eigenvalue weighted by molar-refractivity contribution is 5.79. The van der Waals surface area contributed by atoms with Crippen molar-refractivity contribution in [1.29, 1.82) is 0 Å². The van der Waals surface area contributed by atoms with E-state index in [2.05, 4.69) is 31.3 Å². The van der Waals surface area contributed by atoms with Gasteiger partial charge in [0.15, 0.2) is 0 Å². The molecule has 0 aromatic heterocycles. The van der Waals surface area contributed by atoms with Crippen LogP contribution in [0.2, 0.25) is 0 Å². The van der Waals surface area contributed by atoms with Gasteiger partial charge in [-0.15, -0.1) is 0 Å². The summed E-state index contributed by atoms with van der Waals surface area (Å²) in [5.74, 6) is 0.636. The molecule has 104 valence electrons. The average molecular weight is 260 g/mol. The maximum absolute atomic E-state index is 12.3. The first kappa shape index (κ1) is 14.1. The van der Waals surface area contributed by atoms with E-state index in [1.165, 1.54) is 5.56 Å². The van der Waals surface area contributed by atoms with Crippen LogP contribution in [0.3, 0.4) is 0 Å². The minimum Gasteiger partial charge on any atom is -0.349 e. The molecule has 0 bridgehead atoms. The molecule has 0 heterocycles. The van der Waals surface area contributed by atoms with E-state index in [0.717, 1.165) is 19.3 Å². The molecule has 1 amide bonds. The lowest BCUT2D eigenvalue weighted by Gasteiger charge is -2.24. The van der Waals surface area contributed by atoms with Crippen molar-refractivity contribution in [2.75, 3.05) is 0 Å². The Bertz CT molecular complexity index is 416. The van der Waals surface area contributed by atoms with Crippen molar-refractivity contribution < 1.29 is 4.79 Å². The molecule has 1 aliphatic carbocycles. The second-order valence-corrected chi connectivity index (χ2v) is 5.91. The molecule has 0 aliphatic heterocycles. The molecule has 1 fully saturated rings. The molecule has 19 heavy (non-hydrogen) atoms. The van der Waals surface area contributed by atoms with Crippen molar-refractivity contribution in [3.8, 4) is 0 Å². The maximum Gasteiger partial charge on any atom is 0.223 e. The predicted octanol–water partition coefficient (Wildman–Crippen LogP) is 2.63. The number of carbonyl (C=O) groups is 1. The van der Waals surface area contributed by atoms with E-state index in [1.807, 2.05) is 18.2 Å². The molecule has 0 spiro atoms. The zero-order valence-corrected chi connectivity index (χ0v) is 11.8. The maximum atomic E-state index is 12.3. The van der Waals surface area contributed by atoms with Crippen LogP contribution in [0.15, 0.2) is 30.3 Å². The molecule has 2 rings (SSSR count). The largest absolute Gasteiger partial charge is 0.349 e. The summed E-state index contributed by atoms with van der Waals surface area (Å²) >= 11 is 0. The number of nitrogens with one attached hydrogen (secondary N) is 1. The number of hydrogen-bond acceptors (Lipinski definition) is 2. The first-order valence-electron chi connectivity index (χ1n) is 7.19. The summed E-state index contributed by atoms with van der Waals surface area (Å²) in [4.78, 5) is 12.3. The summed E-state index contributed by atoms with van der Waals surface area (Å²) in [5, 5.41) is 3.20. The van der Waals surface area contributed by atoms with Gasteiger partial charge in [0.25, 0.3) is 0 Å². The van der Waals surface area contributed by atoms with E-state index in [0.29, 0.717) is 5.92 Å². The van der Waals surface area contributed by atoms with Gasteiger partial charge in [0.05, 0.1) is 6.04 Å². The first-order valence-corrected chi connectivity index (χ1v) is 7.19. The highest BCUT2D eigenvalue weighted by Crippen LogP contribution is 2.27. The molecule has 3 nitrogen and oxygen atoms in total. The van der Waals surface area contributed by atoms with Gasteiger partial charge >= 0.3 is 0 Å². The molecule has 0 radical (unpaired) electrons. The van der Waals surface area contributed by atoms with Crippen molar-refractivity contribution in [3.05, 3.63) is 35.9 Å². The smallest absolute Gasteiger partial charge is 0.223 e. The third kappa shape index (κ3) is 3.57. The van der Waals surface area contributed by atoms with Crippen LogP contribution >= 0.6 is 0 Å². The fourth-order valence-electron chi connectivity index (χ4n) is 2.82. The molecule has 1 aromatic rings. The Morgan fingerprint density at radius 1 is 1.26 bits per heavy atom. The lowest BCUT2D eigenvalue weighted by Crippen LogP contribution is -2.36. The zero-order chi connectivity index (χ0) is 13.8. The fourth-order valence-corrected chi connectivity index (χ4v) is 2.82. The monoisotopic (exact) mass is 260 g/mol. The summed E-state index contributed by atoms with van der Waals surface area (Å²) in [6, 6.07) is 10.5. The van der Waals surface area contributed by atoms with Crippen molar-refractivity contribution in [2.24, 2.45) is 17.6 Å². The van der Waals surface area contributed by atoms with Crippen molar-refractivity contribution in [3.63, 3.8) is 0 Å². The van der Waals surface area contributed by atoms with E-state index in [4.69, 9.17) is 5.73 Å². The summed E-state index contributed by atoms with van der Waals surface area (Å²) in [5.41, 5.74) is 7.06. The van der Waals surface area contributed by atoms with Gasteiger partial charge in [-0.3, -0.25) is 4.79 Å². The van der Waals surface area contributed by atoms with Gasteiger partial charge in [-0.05, 0) is 30.7 Å². The van der Waals surface area contributed by atoms with E-state index in [9.17, 15) is 4.79 Å². The number of carbonyl (C=O) groups excluding carboxylic acids is 1. The van der Waals surface area contributed by atoms with Crippen LogP contribution in [0, 0.1) is 11.8 Å². The van der Waals surface area contributed by atoms with E-state index in [-0.39, 0.29) is 23.9 Å². The zero-order valence-electron chi connectivity index (χ0n) is 11.8. The molecule has 3 heteroatoms. The van der Waals surface area contributed by atoms with Crippen LogP contribution in [-0.4, -0.2) is 11.9 Å². The lowest BCUT2D eigenvalue weighted by atomic mass is 9.95. The van der Waals surface area contributed by atoms with E-state index < -0.39 is 0 Å². The Labute approximate surface area is 115 Å². The van der Waals surface area contributed by atoms with Gasteiger partial charge in [0, 0.05) is 12.0 Å². The summed E-state index contributed by atoms with van der Waals surface area (Å²) in [6.07, 6.45) is 2.72. The van der Waals surface area contributed by atoms with Crippen molar-refractivity contribution in [1.82, 2.24) is 5.32 Å². The fraction of sp³-hybridized carbons (Fsp3) is 0.562. The topological polar surface area (TPSA) is 55.1 Å². The van der Waals surface area contributed by atoms with Gasteiger partial charge in [-0.25, -0.2) is 0 Å². The normalized spacial score (nSPS) is 24.4. The van der Waals surface area contributed by atoms with Crippen LogP contribution in [0.25, 0.3) is 0 Å². The molecular formula is C16H24N2O. The standard InChI is InChI=1S/C16H24N2O/c1-11(2)15(12-6-4-3-5-7-12)18-16(19)13-8-9-14(17)10-13/h3-7,11,13-15H,8-10,17H2,1-2H3,(H,18,19). The number of amides is 1. The van der Waals surface area contributed by atoms with Crippen molar-refractivity contribution >= 4 is 5.91 Å². The molecule has 1 aromatic carbocycles. The molecular weight excluding hydrogens is 236 g/mol. The molecule has 3 N–H and O–H groups in total. The number of rotatable bonds is 4. The second-order valence-electron chi connectivity index (χ2n) is 5.91. The second kappa shape index (κ2) is 6.20. The van der Waals surface area contributed by atoms with Gasteiger partial charge in [-0.1, -0.05) is 44.2 Å². The molecule has 3 unspecified atom stereocenters. The minimum absolute atomic E-state index is 0.0884. The average Bonchev–Trinajstić information content (AvgIpc) is 2.83. The number of hydrogen-bond donors (Lipinski definition) is 2. The lowest BCUT2D eigenvalue weighted by molar-refractivity contribution is -0.125. The molecule has 3 atom stereocenters. The van der Waals surface area contributed by atoms with Crippen LogP contribution in [0.4, 0.5) is 0 Å². The minimum atomic E-state index is 0.0884. The highest BCUT2D eigenvalue weighted by Gasteiger charge is 2.29. The Morgan fingerprint density at radius 3 is 2.47 bits per heavy atom.